The quantitative estimate of drug-likeness (QED) is 0.732. The summed E-state index contributed by atoms with van der Waals surface area (Å²) in [6, 6.07) is 13.0. The van der Waals surface area contributed by atoms with Crippen LogP contribution in [0.3, 0.4) is 0 Å². The third-order valence-corrected chi connectivity index (χ3v) is 3.34. The van der Waals surface area contributed by atoms with Gasteiger partial charge in [0.05, 0.1) is 11.1 Å². The van der Waals surface area contributed by atoms with Crippen LogP contribution in [-0.2, 0) is 0 Å². The summed E-state index contributed by atoms with van der Waals surface area (Å²) in [6.45, 7) is 0.235. The summed E-state index contributed by atoms with van der Waals surface area (Å²) in [5, 5.41) is 8.14. The number of nitrogens with zero attached hydrogens (tertiary/aromatic N) is 1. The Morgan fingerprint density at radius 1 is 1.00 bits per heavy atom. The lowest BCUT2D eigenvalue weighted by Crippen LogP contribution is -2.09. The highest BCUT2D eigenvalue weighted by molar-refractivity contribution is 5.93. The van der Waals surface area contributed by atoms with Crippen LogP contribution in [0.5, 0.6) is 11.5 Å². The van der Waals surface area contributed by atoms with Gasteiger partial charge in [-0.25, -0.2) is 5.10 Å². The molecule has 0 atom stereocenters. The number of ether oxygens (including phenoxy) is 2. The monoisotopic (exact) mass is 284 g/mol. The Morgan fingerprint density at radius 3 is 2.62 bits per heavy atom. The smallest absolute Gasteiger partial charge is 0.272 e. The minimum absolute atomic E-state index is 0. The molecular formula is C15H12N2O4. The summed E-state index contributed by atoms with van der Waals surface area (Å²) in [4.78, 5) is 11.8. The van der Waals surface area contributed by atoms with Crippen molar-refractivity contribution in [2.45, 2.75) is 0 Å². The van der Waals surface area contributed by atoms with Gasteiger partial charge in [-0.1, -0.05) is 18.2 Å². The minimum Gasteiger partial charge on any atom is -0.454 e. The van der Waals surface area contributed by atoms with Gasteiger partial charge in [-0.2, -0.15) is 5.10 Å². The molecule has 0 bridgehead atoms. The molecule has 6 heteroatoms. The van der Waals surface area contributed by atoms with Crippen LogP contribution in [0.15, 0.2) is 47.3 Å². The average Bonchev–Trinajstić information content (AvgIpc) is 2.95. The van der Waals surface area contributed by atoms with Crippen LogP contribution in [0, 0.1) is 0 Å². The number of nitrogens with one attached hydrogen (secondary N) is 1. The summed E-state index contributed by atoms with van der Waals surface area (Å²) in [6.07, 6.45) is 0. The van der Waals surface area contributed by atoms with E-state index < -0.39 is 0 Å². The molecule has 1 aromatic heterocycles. The van der Waals surface area contributed by atoms with Crippen LogP contribution in [0.1, 0.15) is 0 Å². The Labute approximate surface area is 119 Å². The number of rotatable bonds is 1. The van der Waals surface area contributed by atoms with Crippen LogP contribution >= 0.6 is 0 Å². The summed E-state index contributed by atoms with van der Waals surface area (Å²) < 4.78 is 10.7. The molecule has 4 rings (SSSR count). The van der Waals surface area contributed by atoms with Gasteiger partial charge in [0.25, 0.3) is 5.56 Å². The summed E-state index contributed by atoms with van der Waals surface area (Å²) >= 11 is 0. The molecule has 3 N–H and O–H groups in total. The fourth-order valence-electron chi connectivity index (χ4n) is 2.38. The molecule has 0 spiro atoms. The van der Waals surface area contributed by atoms with E-state index in [-0.39, 0.29) is 17.8 Å². The van der Waals surface area contributed by atoms with Crippen molar-refractivity contribution in [3.8, 4) is 22.8 Å². The maximum atomic E-state index is 11.8. The van der Waals surface area contributed by atoms with Crippen molar-refractivity contribution in [1.29, 1.82) is 0 Å². The van der Waals surface area contributed by atoms with E-state index in [9.17, 15) is 4.79 Å². The number of hydrogen-bond acceptors (Lipinski definition) is 4. The molecule has 1 aliphatic heterocycles. The maximum absolute atomic E-state index is 11.8. The van der Waals surface area contributed by atoms with E-state index in [1.807, 2.05) is 36.4 Å². The molecule has 0 radical (unpaired) electrons. The number of H-pyrrole nitrogens is 1. The van der Waals surface area contributed by atoms with Gasteiger partial charge in [0.1, 0.15) is 0 Å². The highest BCUT2D eigenvalue weighted by atomic mass is 16.7. The average molecular weight is 284 g/mol. The van der Waals surface area contributed by atoms with Gasteiger partial charge < -0.3 is 14.9 Å². The van der Waals surface area contributed by atoms with E-state index >= 15 is 0 Å². The molecule has 21 heavy (non-hydrogen) atoms. The van der Waals surface area contributed by atoms with Crippen molar-refractivity contribution in [3.05, 3.63) is 52.8 Å². The van der Waals surface area contributed by atoms with Crippen LogP contribution in [-0.4, -0.2) is 22.5 Å². The van der Waals surface area contributed by atoms with Crippen LogP contribution < -0.4 is 15.0 Å². The van der Waals surface area contributed by atoms with Gasteiger partial charge in [-0.05, 0) is 24.3 Å². The SMILES string of the molecule is O.O=c1[nH]nc(-c2ccc3c(c2)OCO3)c2ccccc12. The second-order valence-electron chi connectivity index (χ2n) is 4.51. The first-order chi connectivity index (χ1) is 9.83. The van der Waals surface area contributed by atoms with E-state index in [2.05, 4.69) is 10.2 Å². The molecule has 1 aliphatic rings. The Hall–Kier alpha value is -2.86. The van der Waals surface area contributed by atoms with Crippen LogP contribution in [0.4, 0.5) is 0 Å². The lowest BCUT2D eigenvalue weighted by Gasteiger charge is -2.05. The fourth-order valence-corrected chi connectivity index (χ4v) is 2.38. The van der Waals surface area contributed by atoms with E-state index in [0.717, 1.165) is 22.4 Å². The zero-order valence-corrected chi connectivity index (χ0v) is 10.9. The number of hydrogen-bond donors (Lipinski definition) is 1. The Kier molecular flexibility index (Phi) is 3.08. The largest absolute Gasteiger partial charge is 0.454 e. The molecule has 0 fully saturated rings. The number of aromatic amines is 1. The van der Waals surface area contributed by atoms with E-state index in [4.69, 9.17) is 9.47 Å². The lowest BCUT2D eigenvalue weighted by atomic mass is 10.0. The molecule has 0 amide bonds. The summed E-state index contributed by atoms with van der Waals surface area (Å²) in [5.74, 6) is 1.42. The van der Waals surface area contributed by atoms with Gasteiger partial charge >= 0.3 is 0 Å². The molecular weight excluding hydrogens is 272 g/mol. The van der Waals surface area contributed by atoms with Crippen molar-refractivity contribution in [2.75, 3.05) is 6.79 Å². The van der Waals surface area contributed by atoms with Crippen molar-refractivity contribution in [3.63, 3.8) is 0 Å². The normalized spacial score (nSPS) is 12.2. The first-order valence-corrected chi connectivity index (χ1v) is 6.20. The standard InChI is InChI=1S/C15H10N2O3.H2O/c18-15-11-4-2-1-3-10(11)14(16-17-15)9-5-6-12-13(7-9)20-8-19-12;/h1-7H,8H2,(H,17,18);1H2. The molecule has 106 valence electrons. The van der Waals surface area contributed by atoms with Gasteiger partial charge in [-0.15, -0.1) is 0 Å². The highest BCUT2D eigenvalue weighted by Crippen LogP contribution is 2.36. The summed E-state index contributed by atoms with van der Waals surface area (Å²) in [5.41, 5.74) is 1.41. The third-order valence-electron chi connectivity index (χ3n) is 3.34. The minimum atomic E-state index is -0.190. The predicted molar refractivity (Wildman–Crippen MR) is 77.5 cm³/mol. The number of fused-ring (bicyclic) bond motifs is 2. The van der Waals surface area contributed by atoms with Crippen molar-refractivity contribution < 1.29 is 14.9 Å². The molecule has 3 aromatic rings. The number of aromatic nitrogens is 2. The highest BCUT2D eigenvalue weighted by Gasteiger charge is 2.16. The molecule has 0 saturated heterocycles. The topological polar surface area (TPSA) is 95.7 Å². The zero-order valence-electron chi connectivity index (χ0n) is 10.9. The van der Waals surface area contributed by atoms with Gasteiger partial charge in [0, 0.05) is 10.9 Å². The van der Waals surface area contributed by atoms with Crippen molar-refractivity contribution >= 4 is 10.8 Å². The van der Waals surface area contributed by atoms with Crippen LogP contribution in [0.25, 0.3) is 22.0 Å². The Balaban J connectivity index is 0.00000132. The van der Waals surface area contributed by atoms with Gasteiger partial charge in [-0.3, -0.25) is 4.79 Å². The first kappa shape index (κ1) is 13.1. The maximum Gasteiger partial charge on any atom is 0.272 e. The second-order valence-corrected chi connectivity index (χ2v) is 4.51. The molecule has 0 saturated carbocycles. The predicted octanol–water partition coefficient (Wildman–Crippen LogP) is 1.49. The Bertz CT molecular complexity index is 873. The molecule has 6 nitrogen and oxygen atoms in total. The van der Waals surface area contributed by atoms with Crippen LogP contribution in [0.2, 0.25) is 0 Å². The Morgan fingerprint density at radius 2 is 1.76 bits per heavy atom. The van der Waals surface area contributed by atoms with Gasteiger partial charge in [0.15, 0.2) is 11.5 Å². The van der Waals surface area contributed by atoms with E-state index in [1.54, 1.807) is 6.07 Å². The molecule has 2 heterocycles. The van der Waals surface area contributed by atoms with E-state index in [1.165, 1.54) is 0 Å². The van der Waals surface area contributed by atoms with Crippen molar-refractivity contribution in [2.24, 2.45) is 0 Å². The number of benzene rings is 2. The third kappa shape index (κ3) is 2.02. The molecule has 2 aromatic carbocycles. The van der Waals surface area contributed by atoms with Gasteiger partial charge in [0.2, 0.25) is 6.79 Å². The van der Waals surface area contributed by atoms with E-state index in [0.29, 0.717) is 11.1 Å². The lowest BCUT2D eigenvalue weighted by molar-refractivity contribution is 0.174. The zero-order chi connectivity index (χ0) is 13.5. The fraction of sp³-hybridized carbons (Fsp3) is 0.0667. The summed E-state index contributed by atoms with van der Waals surface area (Å²) in [7, 11) is 0. The molecule has 0 unspecified atom stereocenters. The second kappa shape index (κ2) is 4.92. The first-order valence-electron chi connectivity index (χ1n) is 6.20. The molecule has 0 aliphatic carbocycles. The van der Waals surface area contributed by atoms with Crippen molar-refractivity contribution in [1.82, 2.24) is 10.2 Å².